The highest BCUT2D eigenvalue weighted by atomic mass is 35.5. The van der Waals surface area contributed by atoms with Crippen molar-refractivity contribution in [3.8, 4) is 0 Å². The van der Waals surface area contributed by atoms with Crippen molar-refractivity contribution in [2.24, 2.45) is 0 Å². The maximum Gasteiger partial charge on any atom is 0.305 e. The molecule has 138 valence electrons. The fourth-order valence-corrected chi connectivity index (χ4v) is 2.72. The van der Waals surface area contributed by atoms with Gasteiger partial charge in [0, 0.05) is 17.9 Å². The van der Waals surface area contributed by atoms with Gasteiger partial charge in [0.25, 0.3) is 0 Å². The average molecular weight is 394 g/mol. The number of amides is 1. The summed E-state index contributed by atoms with van der Waals surface area (Å²) >= 11 is 11.9. The van der Waals surface area contributed by atoms with Crippen LogP contribution in [0.1, 0.15) is 31.2 Å². The minimum Gasteiger partial charge on any atom is -0.466 e. The lowest BCUT2D eigenvalue weighted by Gasteiger charge is -2.08. The lowest BCUT2D eigenvalue weighted by atomic mass is 10.1. The van der Waals surface area contributed by atoms with Crippen LogP contribution < -0.4 is 5.32 Å². The molecule has 0 unspecified atom stereocenters. The van der Waals surface area contributed by atoms with Gasteiger partial charge in [-0.25, -0.2) is 0 Å². The van der Waals surface area contributed by atoms with Crippen molar-refractivity contribution in [2.75, 3.05) is 11.9 Å². The zero-order valence-corrected chi connectivity index (χ0v) is 15.9. The van der Waals surface area contributed by atoms with Crippen LogP contribution in [0.4, 0.5) is 5.69 Å². The van der Waals surface area contributed by atoms with Crippen molar-refractivity contribution < 1.29 is 14.3 Å². The van der Waals surface area contributed by atoms with E-state index < -0.39 is 0 Å². The van der Waals surface area contributed by atoms with Gasteiger partial charge < -0.3 is 10.1 Å². The third-order valence-corrected chi connectivity index (χ3v) is 4.27. The van der Waals surface area contributed by atoms with Gasteiger partial charge in [0.05, 0.1) is 17.3 Å². The largest absolute Gasteiger partial charge is 0.466 e. The highest BCUT2D eigenvalue weighted by Gasteiger charge is 2.09. The third-order valence-electron chi connectivity index (χ3n) is 3.70. The maximum atomic E-state index is 11.9. The van der Waals surface area contributed by atoms with Crippen LogP contribution in [0.2, 0.25) is 10.0 Å². The molecule has 0 aliphatic carbocycles. The molecule has 6 heteroatoms. The Bertz CT molecular complexity index is 735. The van der Waals surface area contributed by atoms with Gasteiger partial charge in [0.1, 0.15) is 0 Å². The number of carbonyl (C=O) groups excluding carboxylic acids is 2. The molecule has 2 aromatic rings. The smallest absolute Gasteiger partial charge is 0.305 e. The number of hydrogen-bond donors (Lipinski definition) is 1. The first-order valence-corrected chi connectivity index (χ1v) is 9.24. The van der Waals surface area contributed by atoms with E-state index in [2.05, 4.69) is 5.32 Å². The number of ether oxygens (including phenoxy) is 1. The van der Waals surface area contributed by atoms with Crippen molar-refractivity contribution in [3.63, 3.8) is 0 Å². The zero-order chi connectivity index (χ0) is 18.8. The Hall–Kier alpha value is -2.04. The van der Waals surface area contributed by atoms with Gasteiger partial charge in [-0.15, -0.1) is 0 Å². The van der Waals surface area contributed by atoms with Crippen molar-refractivity contribution in [1.82, 2.24) is 0 Å². The summed E-state index contributed by atoms with van der Waals surface area (Å²) in [6, 6.07) is 14.9. The highest BCUT2D eigenvalue weighted by molar-refractivity contribution is 6.35. The zero-order valence-electron chi connectivity index (χ0n) is 14.3. The molecule has 2 aromatic carbocycles. The van der Waals surface area contributed by atoms with Crippen molar-refractivity contribution >= 4 is 40.8 Å². The van der Waals surface area contributed by atoms with Crippen LogP contribution in [0, 0.1) is 0 Å². The summed E-state index contributed by atoms with van der Waals surface area (Å²) in [4.78, 5) is 23.6. The van der Waals surface area contributed by atoms with E-state index in [-0.39, 0.29) is 24.7 Å². The lowest BCUT2D eigenvalue weighted by molar-refractivity contribution is -0.143. The molecule has 0 bridgehead atoms. The second kappa shape index (κ2) is 10.8. The van der Waals surface area contributed by atoms with Gasteiger partial charge in [0.15, 0.2) is 0 Å². The molecular weight excluding hydrogens is 373 g/mol. The summed E-state index contributed by atoms with van der Waals surface area (Å²) in [7, 11) is 0. The number of aryl methyl sites for hydroxylation is 1. The summed E-state index contributed by atoms with van der Waals surface area (Å²) in [5, 5.41) is 3.59. The molecule has 0 heterocycles. The van der Waals surface area contributed by atoms with Crippen LogP contribution in [0.15, 0.2) is 48.5 Å². The van der Waals surface area contributed by atoms with E-state index in [0.29, 0.717) is 28.8 Å². The maximum absolute atomic E-state index is 11.9. The first kappa shape index (κ1) is 20.3. The number of esters is 1. The molecule has 0 aliphatic heterocycles. The SMILES string of the molecule is O=C(CCCC(=O)OCCCc1ccccc1)Nc1cc(Cl)ccc1Cl. The van der Waals surface area contributed by atoms with Crippen molar-refractivity contribution in [3.05, 3.63) is 64.1 Å². The van der Waals surface area contributed by atoms with Gasteiger partial charge in [-0.2, -0.15) is 0 Å². The molecule has 0 fully saturated rings. The molecule has 0 aromatic heterocycles. The molecule has 1 N–H and O–H groups in total. The van der Waals surface area contributed by atoms with Gasteiger partial charge in [-0.3, -0.25) is 9.59 Å². The number of halogens is 2. The molecule has 2 rings (SSSR count). The number of benzene rings is 2. The average Bonchev–Trinajstić information content (AvgIpc) is 2.63. The second-order valence-corrected chi connectivity index (χ2v) is 6.68. The molecule has 0 spiro atoms. The van der Waals surface area contributed by atoms with Crippen LogP contribution in [-0.4, -0.2) is 18.5 Å². The number of nitrogens with one attached hydrogen (secondary N) is 1. The van der Waals surface area contributed by atoms with E-state index in [1.165, 1.54) is 5.56 Å². The van der Waals surface area contributed by atoms with Crippen LogP contribution >= 0.6 is 23.2 Å². The van der Waals surface area contributed by atoms with E-state index in [4.69, 9.17) is 27.9 Å². The van der Waals surface area contributed by atoms with Crippen molar-refractivity contribution in [2.45, 2.75) is 32.1 Å². The van der Waals surface area contributed by atoms with Gasteiger partial charge in [-0.1, -0.05) is 53.5 Å². The number of anilines is 1. The van der Waals surface area contributed by atoms with E-state index in [1.807, 2.05) is 30.3 Å². The summed E-state index contributed by atoms with van der Waals surface area (Å²) in [5.41, 5.74) is 1.69. The highest BCUT2D eigenvalue weighted by Crippen LogP contribution is 2.25. The summed E-state index contributed by atoms with van der Waals surface area (Å²) in [5.74, 6) is -0.502. The van der Waals surface area contributed by atoms with Crippen LogP contribution in [0.25, 0.3) is 0 Å². The minimum absolute atomic E-state index is 0.210. The number of carbonyl (C=O) groups is 2. The van der Waals surface area contributed by atoms with Gasteiger partial charge >= 0.3 is 5.97 Å². The van der Waals surface area contributed by atoms with E-state index in [1.54, 1.807) is 18.2 Å². The van der Waals surface area contributed by atoms with Gasteiger partial charge in [-0.05, 0) is 43.0 Å². The summed E-state index contributed by atoms with van der Waals surface area (Å²) < 4.78 is 5.19. The standard InChI is InChI=1S/C20H21Cl2NO3/c21-16-11-12-17(22)18(14-16)23-19(24)9-4-10-20(25)26-13-5-8-15-6-2-1-3-7-15/h1-3,6-7,11-12,14H,4-5,8-10,13H2,(H,23,24). The Kier molecular flexibility index (Phi) is 8.45. The summed E-state index contributed by atoms with van der Waals surface area (Å²) in [6.07, 6.45) is 2.49. The van der Waals surface area contributed by atoms with E-state index in [0.717, 1.165) is 12.8 Å². The molecular formula is C20H21Cl2NO3. The van der Waals surface area contributed by atoms with Crippen LogP contribution in [0.3, 0.4) is 0 Å². The normalized spacial score (nSPS) is 10.4. The van der Waals surface area contributed by atoms with Gasteiger partial charge in [0.2, 0.25) is 5.91 Å². The van der Waals surface area contributed by atoms with Crippen LogP contribution in [0.5, 0.6) is 0 Å². The number of hydrogen-bond acceptors (Lipinski definition) is 3. The second-order valence-electron chi connectivity index (χ2n) is 5.84. The predicted molar refractivity (Wildman–Crippen MR) is 105 cm³/mol. The third kappa shape index (κ3) is 7.46. The monoisotopic (exact) mass is 393 g/mol. The Labute approximate surface area is 163 Å². The molecule has 1 amide bonds. The fourth-order valence-electron chi connectivity index (χ4n) is 2.38. The first-order valence-electron chi connectivity index (χ1n) is 8.49. The number of rotatable bonds is 9. The lowest BCUT2D eigenvalue weighted by Crippen LogP contribution is -2.13. The molecule has 0 saturated heterocycles. The molecule has 26 heavy (non-hydrogen) atoms. The molecule has 0 radical (unpaired) electrons. The Morgan fingerprint density at radius 2 is 1.73 bits per heavy atom. The molecule has 0 atom stereocenters. The minimum atomic E-state index is -0.286. The summed E-state index contributed by atoms with van der Waals surface area (Å²) in [6.45, 7) is 0.387. The van der Waals surface area contributed by atoms with Crippen molar-refractivity contribution in [1.29, 1.82) is 0 Å². The molecule has 4 nitrogen and oxygen atoms in total. The Balaban J connectivity index is 1.59. The van der Waals surface area contributed by atoms with E-state index >= 15 is 0 Å². The van der Waals surface area contributed by atoms with Crippen LogP contribution in [-0.2, 0) is 20.7 Å². The Morgan fingerprint density at radius 3 is 2.50 bits per heavy atom. The topological polar surface area (TPSA) is 55.4 Å². The van der Waals surface area contributed by atoms with E-state index in [9.17, 15) is 9.59 Å². The first-order chi connectivity index (χ1) is 12.5. The quantitative estimate of drug-likeness (QED) is 0.465. The fraction of sp³-hybridized carbons (Fsp3) is 0.300. The molecule has 0 aliphatic rings. The Morgan fingerprint density at radius 1 is 0.962 bits per heavy atom. The predicted octanol–water partition coefficient (Wildman–Crippen LogP) is 5.28. The molecule has 0 saturated carbocycles.